The molecule has 0 aliphatic heterocycles. The van der Waals surface area contributed by atoms with Gasteiger partial charge in [-0.1, -0.05) is 35.4 Å². The van der Waals surface area contributed by atoms with Crippen molar-refractivity contribution in [3.8, 4) is 0 Å². The van der Waals surface area contributed by atoms with Crippen LogP contribution in [0.3, 0.4) is 0 Å². The van der Waals surface area contributed by atoms with Crippen LogP contribution in [-0.4, -0.2) is 10.2 Å². The molecule has 0 saturated heterocycles. The average Bonchev–Trinajstić information content (AvgIpc) is 2.18. The lowest BCUT2D eigenvalue weighted by Gasteiger charge is -2.46. The number of Topliss-reactive ketones (excluding diaryl/α,β-unsaturated/α-hetero) is 1. The van der Waals surface area contributed by atoms with Gasteiger partial charge < -0.3 is 0 Å². The number of ketones is 1. The van der Waals surface area contributed by atoms with Crippen molar-refractivity contribution in [3.05, 3.63) is 0 Å². The van der Waals surface area contributed by atoms with E-state index in [-0.39, 0.29) is 0 Å². The molecule has 2 aliphatic carbocycles. The van der Waals surface area contributed by atoms with Crippen molar-refractivity contribution in [1.29, 1.82) is 0 Å². The van der Waals surface area contributed by atoms with E-state index in [2.05, 4.69) is 22.6 Å². The summed E-state index contributed by atoms with van der Waals surface area (Å²) in [5, 5.41) is 0. The molecular weight excluding hydrogens is 275 g/mol. The molecule has 0 amide bonds. The molecule has 0 aromatic carbocycles. The molecule has 13 heavy (non-hydrogen) atoms. The van der Waals surface area contributed by atoms with Gasteiger partial charge in [0.05, 0.1) is 0 Å². The highest BCUT2D eigenvalue weighted by Crippen LogP contribution is 2.48. The molecule has 2 fully saturated rings. The Hall–Kier alpha value is 0.400. The van der Waals surface area contributed by atoms with Gasteiger partial charge in [0.15, 0.2) is 0 Å². The Kier molecular flexibility index (Phi) is 3.27. The molecule has 0 aromatic heterocycles. The van der Waals surface area contributed by atoms with Gasteiger partial charge in [0.1, 0.15) is 5.78 Å². The second-order valence-corrected chi connectivity index (χ2v) is 5.47. The third-order valence-corrected chi connectivity index (χ3v) is 4.48. The molecule has 0 aromatic rings. The molecule has 0 unspecified atom stereocenters. The molecule has 1 nitrogen and oxygen atoms in total. The maximum absolute atomic E-state index is 11.7. The fraction of sp³-hybridized carbons (Fsp3) is 0.909. The third kappa shape index (κ3) is 1.79. The van der Waals surface area contributed by atoms with Gasteiger partial charge >= 0.3 is 0 Å². The molecule has 0 N–H and O–H groups in total. The van der Waals surface area contributed by atoms with E-state index < -0.39 is 0 Å². The monoisotopic (exact) mass is 292 g/mol. The number of carbonyl (C=O) groups excluding carboxylic acids is 1. The molecule has 74 valence electrons. The topological polar surface area (TPSA) is 17.1 Å². The molecule has 0 spiro atoms. The van der Waals surface area contributed by atoms with Crippen LogP contribution < -0.4 is 0 Å². The summed E-state index contributed by atoms with van der Waals surface area (Å²) in [7, 11) is 0. The van der Waals surface area contributed by atoms with Crippen LogP contribution in [-0.2, 0) is 4.79 Å². The van der Waals surface area contributed by atoms with Crippen LogP contribution >= 0.6 is 22.6 Å². The van der Waals surface area contributed by atoms with Crippen molar-refractivity contribution in [2.24, 2.45) is 17.8 Å². The SMILES string of the molecule is O=C1[C@H](CCCI)[C@H]2CCCC[C@@H]12. The lowest BCUT2D eigenvalue weighted by molar-refractivity contribution is -0.146. The summed E-state index contributed by atoms with van der Waals surface area (Å²) in [5.74, 6) is 2.37. The zero-order valence-electron chi connectivity index (χ0n) is 7.97. The van der Waals surface area contributed by atoms with Crippen LogP contribution in [0, 0.1) is 17.8 Å². The highest BCUT2D eigenvalue weighted by atomic mass is 127. The van der Waals surface area contributed by atoms with Crippen LogP contribution in [0.5, 0.6) is 0 Å². The first-order valence-corrected chi connectivity index (χ1v) is 6.97. The number of carbonyl (C=O) groups is 1. The Labute approximate surface area is 93.8 Å². The summed E-state index contributed by atoms with van der Waals surface area (Å²) in [6.07, 6.45) is 7.61. The van der Waals surface area contributed by atoms with E-state index in [1.54, 1.807) is 0 Å². The normalized spacial score (nSPS) is 38.2. The quantitative estimate of drug-likeness (QED) is 0.576. The minimum Gasteiger partial charge on any atom is -0.299 e. The van der Waals surface area contributed by atoms with Gasteiger partial charge in [0.25, 0.3) is 0 Å². The number of rotatable bonds is 3. The van der Waals surface area contributed by atoms with Crippen molar-refractivity contribution < 1.29 is 4.79 Å². The summed E-state index contributed by atoms with van der Waals surface area (Å²) < 4.78 is 1.21. The molecule has 0 radical (unpaired) electrons. The van der Waals surface area contributed by atoms with Crippen molar-refractivity contribution in [2.45, 2.75) is 38.5 Å². The molecule has 0 bridgehead atoms. The zero-order valence-corrected chi connectivity index (χ0v) is 10.1. The third-order valence-electron chi connectivity index (χ3n) is 3.72. The molecular formula is C11H17IO. The highest BCUT2D eigenvalue weighted by molar-refractivity contribution is 14.1. The number of alkyl halides is 1. The maximum Gasteiger partial charge on any atom is 0.139 e. The summed E-state index contributed by atoms with van der Waals surface area (Å²) in [4.78, 5) is 11.7. The van der Waals surface area contributed by atoms with Gasteiger partial charge in [0, 0.05) is 11.8 Å². The fourth-order valence-electron chi connectivity index (χ4n) is 3.02. The first-order chi connectivity index (χ1) is 6.34. The standard InChI is InChI=1S/C11H17IO/c12-7-3-6-10-8-4-1-2-5-9(8)11(10)13/h8-10H,1-7H2/t8-,9+,10+/m0/s1. The largest absolute Gasteiger partial charge is 0.299 e. The second-order valence-electron chi connectivity index (χ2n) is 4.39. The van der Waals surface area contributed by atoms with Gasteiger partial charge in [0.2, 0.25) is 0 Å². The smallest absolute Gasteiger partial charge is 0.139 e. The van der Waals surface area contributed by atoms with Gasteiger partial charge in [-0.3, -0.25) is 4.79 Å². The van der Waals surface area contributed by atoms with E-state index in [0.29, 0.717) is 17.6 Å². The first-order valence-electron chi connectivity index (χ1n) is 5.44. The molecule has 2 heteroatoms. The molecule has 3 atom stereocenters. The predicted molar refractivity (Wildman–Crippen MR) is 62.1 cm³/mol. The number of halogens is 1. The number of fused-ring (bicyclic) bond motifs is 1. The maximum atomic E-state index is 11.7. The van der Waals surface area contributed by atoms with E-state index in [4.69, 9.17) is 0 Å². The Morgan fingerprint density at radius 3 is 2.85 bits per heavy atom. The summed E-state index contributed by atoms with van der Waals surface area (Å²) in [6, 6.07) is 0. The van der Waals surface area contributed by atoms with E-state index in [0.717, 1.165) is 5.92 Å². The van der Waals surface area contributed by atoms with Crippen LogP contribution in [0.15, 0.2) is 0 Å². The van der Waals surface area contributed by atoms with Crippen molar-refractivity contribution in [3.63, 3.8) is 0 Å². The highest BCUT2D eigenvalue weighted by Gasteiger charge is 2.48. The first kappa shape index (κ1) is 9.94. The van der Waals surface area contributed by atoms with Crippen LogP contribution in [0.4, 0.5) is 0 Å². The molecule has 2 saturated carbocycles. The van der Waals surface area contributed by atoms with Gasteiger partial charge in [-0.2, -0.15) is 0 Å². The van der Waals surface area contributed by atoms with E-state index in [9.17, 15) is 4.79 Å². The summed E-state index contributed by atoms with van der Waals surface area (Å²) in [6.45, 7) is 0. The number of hydrogen-bond acceptors (Lipinski definition) is 1. The minimum atomic E-state index is 0.472. The van der Waals surface area contributed by atoms with Crippen molar-refractivity contribution in [2.75, 3.05) is 4.43 Å². The van der Waals surface area contributed by atoms with Gasteiger partial charge in [-0.15, -0.1) is 0 Å². The Balaban J connectivity index is 1.87. The predicted octanol–water partition coefficient (Wildman–Crippen LogP) is 3.21. The van der Waals surface area contributed by atoms with Crippen LogP contribution in [0.1, 0.15) is 38.5 Å². The Morgan fingerprint density at radius 2 is 2.08 bits per heavy atom. The van der Waals surface area contributed by atoms with E-state index in [1.807, 2.05) is 0 Å². The van der Waals surface area contributed by atoms with Crippen LogP contribution in [0.2, 0.25) is 0 Å². The number of hydrogen-bond donors (Lipinski definition) is 0. The van der Waals surface area contributed by atoms with E-state index >= 15 is 0 Å². The second kappa shape index (κ2) is 4.28. The Bertz CT molecular complexity index is 202. The van der Waals surface area contributed by atoms with Gasteiger partial charge in [-0.05, 0) is 36.0 Å². The minimum absolute atomic E-state index is 0.472. The van der Waals surface area contributed by atoms with Crippen molar-refractivity contribution >= 4 is 28.4 Å². The molecule has 0 heterocycles. The fourth-order valence-corrected chi connectivity index (χ4v) is 3.46. The Morgan fingerprint density at radius 1 is 1.31 bits per heavy atom. The van der Waals surface area contributed by atoms with Crippen LogP contribution in [0.25, 0.3) is 0 Å². The lowest BCUT2D eigenvalue weighted by atomic mass is 9.56. The average molecular weight is 292 g/mol. The van der Waals surface area contributed by atoms with E-state index in [1.165, 1.54) is 43.0 Å². The molecule has 2 rings (SSSR count). The molecule has 2 aliphatic rings. The lowest BCUT2D eigenvalue weighted by Crippen LogP contribution is -2.49. The zero-order chi connectivity index (χ0) is 9.26. The van der Waals surface area contributed by atoms with Gasteiger partial charge in [-0.25, -0.2) is 0 Å². The van der Waals surface area contributed by atoms with Crippen molar-refractivity contribution in [1.82, 2.24) is 0 Å². The summed E-state index contributed by atoms with van der Waals surface area (Å²) >= 11 is 2.40. The summed E-state index contributed by atoms with van der Waals surface area (Å²) in [5.41, 5.74) is 0.